The summed E-state index contributed by atoms with van der Waals surface area (Å²) in [5.74, 6) is -1.85. The number of ether oxygens (including phenoxy) is 1. The highest BCUT2D eigenvalue weighted by atomic mass is 19.4. The monoisotopic (exact) mass is 432 g/mol. The lowest BCUT2D eigenvalue weighted by Gasteiger charge is -2.30. The number of carbonyl (C=O) groups is 2. The van der Waals surface area contributed by atoms with Crippen LogP contribution in [-0.4, -0.2) is 18.4 Å². The van der Waals surface area contributed by atoms with E-state index in [4.69, 9.17) is 4.74 Å². The van der Waals surface area contributed by atoms with Gasteiger partial charge >= 0.3 is 12.1 Å². The van der Waals surface area contributed by atoms with E-state index >= 15 is 0 Å². The Balaban J connectivity index is 1.72. The van der Waals surface area contributed by atoms with Crippen LogP contribution in [0.25, 0.3) is 0 Å². The van der Waals surface area contributed by atoms with Crippen LogP contribution in [0.2, 0.25) is 0 Å². The Morgan fingerprint density at radius 1 is 1.00 bits per heavy atom. The minimum atomic E-state index is -4.48. The van der Waals surface area contributed by atoms with Crippen molar-refractivity contribution in [2.45, 2.75) is 51.1 Å². The fourth-order valence-corrected chi connectivity index (χ4v) is 4.37. The second-order valence-electron chi connectivity index (χ2n) is 8.07. The van der Waals surface area contributed by atoms with Gasteiger partial charge in [0.25, 0.3) is 0 Å². The van der Waals surface area contributed by atoms with Crippen LogP contribution in [0.4, 0.5) is 13.2 Å². The molecular weight excluding hydrogens is 405 g/mol. The maximum atomic E-state index is 13.2. The maximum absolute atomic E-state index is 13.2. The molecule has 0 heterocycles. The summed E-state index contributed by atoms with van der Waals surface area (Å²) in [6.07, 6.45) is -1.54. The summed E-state index contributed by atoms with van der Waals surface area (Å²) in [6, 6.07) is 14.9. The van der Waals surface area contributed by atoms with E-state index < -0.39 is 23.6 Å². The van der Waals surface area contributed by atoms with Crippen LogP contribution in [0, 0.1) is 11.8 Å². The van der Waals surface area contributed by atoms with Gasteiger partial charge in [0.05, 0.1) is 12.2 Å². The molecule has 0 saturated heterocycles. The second kappa shape index (κ2) is 10.1. The van der Waals surface area contributed by atoms with E-state index in [0.717, 1.165) is 25.0 Å². The van der Waals surface area contributed by atoms with Gasteiger partial charge < -0.3 is 4.74 Å². The van der Waals surface area contributed by atoms with Gasteiger partial charge in [-0.1, -0.05) is 48.5 Å². The van der Waals surface area contributed by atoms with Crippen molar-refractivity contribution in [2.75, 3.05) is 6.61 Å². The summed E-state index contributed by atoms with van der Waals surface area (Å²) >= 11 is 0. The standard InChI is InChI=1S/C25H27F3O3/c1-2-31-24(30)22(16-17-7-6-10-21(15-17)25(26,27)28)23(29)20-13-11-19(12-14-20)18-8-4-3-5-9-18/h3-10,15,19-20,22H,2,11-14,16H2,1H3/t19-,20-,22?. The smallest absolute Gasteiger partial charge is 0.416 e. The van der Waals surface area contributed by atoms with Crippen molar-refractivity contribution in [3.63, 3.8) is 0 Å². The van der Waals surface area contributed by atoms with Gasteiger partial charge in [0.2, 0.25) is 0 Å². The summed E-state index contributed by atoms with van der Waals surface area (Å²) < 4.78 is 44.3. The zero-order valence-electron chi connectivity index (χ0n) is 17.5. The predicted molar refractivity (Wildman–Crippen MR) is 111 cm³/mol. The lowest BCUT2D eigenvalue weighted by molar-refractivity contribution is -0.152. The van der Waals surface area contributed by atoms with Gasteiger partial charge in [0.15, 0.2) is 5.78 Å². The van der Waals surface area contributed by atoms with Crippen molar-refractivity contribution < 1.29 is 27.5 Å². The zero-order chi connectivity index (χ0) is 22.4. The van der Waals surface area contributed by atoms with Crippen LogP contribution in [0.5, 0.6) is 0 Å². The number of rotatable bonds is 7. The molecule has 2 aromatic carbocycles. The Morgan fingerprint density at radius 3 is 2.29 bits per heavy atom. The Hall–Kier alpha value is -2.63. The van der Waals surface area contributed by atoms with E-state index in [1.807, 2.05) is 18.2 Å². The molecule has 166 valence electrons. The van der Waals surface area contributed by atoms with E-state index in [-0.39, 0.29) is 24.7 Å². The van der Waals surface area contributed by atoms with Gasteiger partial charge in [-0.15, -0.1) is 0 Å². The lowest BCUT2D eigenvalue weighted by Crippen LogP contribution is -2.34. The van der Waals surface area contributed by atoms with Crippen molar-refractivity contribution in [3.8, 4) is 0 Å². The van der Waals surface area contributed by atoms with Gasteiger partial charge in [0, 0.05) is 5.92 Å². The average molecular weight is 432 g/mol. The molecule has 0 amide bonds. The number of esters is 1. The predicted octanol–water partition coefficient (Wildman–Crippen LogP) is 5.97. The van der Waals surface area contributed by atoms with E-state index in [1.54, 1.807) is 6.92 Å². The molecule has 0 N–H and O–H groups in total. The normalized spacial score (nSPS) is 20.1. The summed E-state index contributed by atoms with van der Waals surface area (Å²) in [6.45, 7) is 1.76. The summed E-state index contributed by atoms with van der Waals surface area (Å²) in [4.78, 5) is 25.8. The lowest BCUT2D eigenvalue weighted by atomic mass is 9.74. The van der Waals surface area contributed by atoms with E-state index in [1.165, 1.54) is 17.7 Å². The number of hydrogen-bond acceptors (Lipinski definition) is 3. The molecule has 3 nitrogen and oxygen atoms in total. The number of hydrogen-bond donors (Lipinski definition) is 0. The Morgan fingerprint density at radius 2 is 1.68 bits per heavy atom. The molecule has 0 spiro atoms. The molecule has 0 aromatic heterocycles. The van der Waals surface area contributed by atoms with Crippen LogP contribution in [0.1, 0.15) is 55.2 Å². The first-order valence-corrected chi connectivity index (χ1v) is 10.7. The molecule has 0 aliphatic heterocycles. The molecule has 1 atom stereocenters. The van der Waals surface area contributed by atoms with Crippen LogP contribution < -0.4 is 0 Å². The van der Waals surface area contributed by atoms with Crippen molar-refractivity contribution in [1.29, 1.82) is 0 Å². The molecule has 1 fully saturated rings. The van der Waals surface area contributed by atoms with Crippen LogP contribution >= 0.6 is 0 Å². The quantitative estimate of drug-likeness (QED) is 0.400. The Kier molecular flexibility index (Phi) is 7.52. The van der Waals surface area contributed by atoms with Crippen LogP contribution in [0.3, 0.4) is 0 Å². The summed E-state index contributed by atoms with van der Waals surface area (Å²) in [5.41, 5.74) is 0.766. The number of alkyl halides is 3. The fraction of sp³-hybridized carbons (Fsp3) is 0.440. The first kappa shape index (κ1) is 23.0. The molecule has 2 aromatic rings. The highest BCUT2D eigenvalue weighted by Crippen LogP contribution is 2.37. The largest absolute Gasteiger partial charge is 0.465 e. The van der Waals surface area contributed by atoms with Crippen molar-refractivity contribution in [2.24, 2.45) is 11.8 Å². The van der Waals surface area contributed by atoms with Gasteiger partial charge in [-0.05, 0) is 62.1 Å². The molecule has 1 saturated carbocycles. The summed E-state index contributed by atoms with van der Waals surface area (Å²) in [5, 5.41) is 0. The molecule has 6 heteroatoms. The summed E-state index contributed by atoms with van der Waals surface area (Å²) in [7, 11) is 0. The van der Waals surface area contributed by atoms with E-state index in [0.29, 0.717) is 24.3 Å². The molecule has 1 aliphatic rings. The van der Waals surface area contributed by atoms with E-state index in [9.17, 15) is 22.8 Å². The Bertz CT molecular complexity index is 884. The third-order valence-corrected chi connectivity index (χ3v) is 6.01. The Labute approximate surface area is 180 Å². The first-order chi connectivity index (χ1) is 14.8. The topological polar surface area (TPSA) is 43.4 Å². The molecule has 31 heavy (non-hydrogen) atoms. The molecule has 3 rings (SSSR count). The second-order valence-corrected chi connectivity index (χ2v) is 8.07. The highest BCUT2D eigenvalue weighted by Gasteiger charge is 2.36. The van der Waals surface area contributed by atoms with Gasteiger partial charge in [-0.25, -0.2) is 0 Å². The number of Topliss-reactive ketones (excluding diaryl/α,β-unsaturated/α-hetero) is 1. The minimum absolute atomic E-state index is 0.0831. The van der Waals surface area contributed by atoms with Gasteiger partial charge in [0.1, 0.15) is 5.92 Å². The number of carbonyl (C=O) groups excluding carboxylic acids is 2. The van der Waals surface area contributed by atoms with Crippen molar-refractivity contribution >= 4 is 11.8 Å². The molecular formula is C25H27F3O3. The van der Waals surface area contributed by atoms with Crippen LogP contribution in [-0.2, 0) is 26.9 Å². The van der Waals surface area contributed by atoms with Crippen molar-refractivity contribution in [1.82, 2.24) is 0 Å². The minimum Gasteiger partial charge on any atom is -0.465 e. The molecule has 0 bridgehead atoms. The molecule has 0 radical (unpaired) electrons. The van der Waals surface area contributed by atoms with E-state index in [2.05, 4.69) is 12.1 Å². The highest BCUT2D eigenvalue weighted by molar-refractivity contribution is 6.00. The molecule has 1 aliphatic carbocycles. The van der Waals surface area contributed by atoms with Crippen molar-refractivity contribution in [3.05, 3.63) is 71.3 Å². The van der Waals surface area contributed by atoms with Gasteiger partial charge in [-0.2, -0.15) is 13.2 Å². The third-order valence-electron chi connectivity index (χ3n) is 6.01. The SMILES string of the molecule is CCOC(=O)C(Cc1cccc(C(F)(F)F)c1)C(=O)[C@H]1CC[C@H](c2ccccc2)CC1. The molecule has 1 unspecified atom stereocenters. The average Bonchev–Trinajstić information content (AvgIpc) is 2.77. The van der Waals surface area contributed by atoms with Crippen LogP contribution in [0.15, 0.2) is 54.6 Å². The first-order valence-electron chi connectivity index (χ1n) is 10.7. The number of benzene rings is 2. The third kappa shape index (κ3) is 5.96. The fourth-order valence-electron chi connectivity index (χ4n) is 4.37. The van der Waals surface area contributed by atoms with Gasteiger partial charge in [-0.3, -0.25) is 9.59 Å². The maximum Gasteiger partial charge on any atom is 0.416 e. The number of ketones is 1. The zero-order valence-corrected chi connectivity index (χ0v) is 17.5. The number of halogens is 3.